The van der Waals surface area contributed by atoms with Crippen LogP contribution in [0.4, 0.5) is 16.2 Å². The summed E-state index contributed by atoms with van der Waals surface area (Å²) in [5, 5.41) is 2.57. The molecule has 0 radical (unpaired) electrons. The van der Waals surface area contributed by atoms with E-state index >= 15 is 0 Å². The second kappa shape index (κ2) is 8.81. The number of rotatable bonds is 6. The summed E-state index contributed by atoms with van der Waals surface area (Å²) < 4.78 is 5.61. The van der Waals surface area contributed by atoms with E-state index in [1.807, 2.05) is 12.1 Å². The highest BCUT2D eigenvalue weighted by Gasteiger charge is 2.31. The summed E-state index contributed by atoms with van der Waals surface area (Å²) in [6, 6.07) is 14.2. The first kappa shape index (κ1) is 20.9. The van der Waals surface area contributed by atoms with Crippen LogP contribution in [0.5, 0.6) is 5.75 Å². The molecule has 0 bridgehead atoms. The van der Waals surface area contributed by atoms with Crippen molar-refractivity contribution in [3.8, 4) is 5.75 Å². The molecule has 0 spiro atoms. The Bertz CT molecular complexity index is 1020. The van der Waals surface area contributed by atoms with Crippen LogP contribution < -0.4 is 15.0 Å². The first-order valence-electron chi connectivity index (χ1n) is 9.85. The average Bonchev–Trinajstić information content (AvgIpc) is 3.07. The predicted molar refractivity (Wildman–Crippen MR) is 117 cm³/mol. The van der Waals surface area contributed by atoms with Gasteiger partial charge in [-0.25, -0.2) is 0 Å². The molecule has 2 aliphatic heterocycles. The fourth-order valence-corrected chi connectivity index (χ4v) is 4.16. The Morgan fingerprint density at radius 1 is 1.10 bits per heavy atom. The van der Waals surface area contributed by atoms with E-state index in [0.717, 1.165) is 17.3 Å². The largest absolute Gasteiger partial charge is 0.479 e. The Balaban J connectivity index is 1.33. The molecule has 4 rings (SSSR count). The monoisotopic (exact) mass is 439 g/mol. The first-order chi connectivity index (χ1) is 14.9. The zero-order valence-electron chi connectivity index (χ0n) is 16.9. The third-order valence-corrected chi connectivity index (χ3v) is 5.91. The molecule has 1 unspecified atom stereocenters. The van der Waals surface area contributed by atoms with Gasteiger partial charge >= 0.3 is 0 Å². The van der Waals surface area contributed by atoms with Crippen LogP contribution in [0.3, 0.4) is 0 Å². The normalized spacial score (nSPS) is 18.1. The number of nitrogens with one attached hydrogen (secondary N) is 1. The number of nitrogens with zero attached hydrogens (tertiary/aromatic N) is 2. The number of fused-ring (bicyclic) bond motifs is 1. The van der Waals surface area contributed by atoms with E-state index in [-0.39, 0.29) is 48.2 Å². The molecule has 1 atom stereocenters. The van der Waals surface area contributed by atoms with Crippen LogP contribution in [0.1, 0.15) is 18.9 Å². The van der Waals surface area contributed by atoms with Crippen molar-refractivity contribution >= 4 is 46.1 Å². The molecule has 0 aromatic heterocycles. The number of imide groups is 1. The smallest absolute Gasteiger partial charge is 0.289 e. The highest BCUT2D eigenvalue weighted by Crippen LogP contribution is 2.33. The first-order valence-corrected chi connectivity index (χ1v) is 10.8. The fourth-order valence-electron chi connectivity index (χ4n) is 3.44. The number of carbonyl (C=O) groups is 4. The van der Waals surface area contributed by atoms with Crippen LogP contribution in [0.25, 0.3) is 0 Å². The fraction of sp³-hybridized carbons (Fsp3) is 0.273. The minimum atomic E-state index is -0.599. The summed E-state index contributed by atoms with van der Waals surface area (Å²) in [5.74, 6) is 0.209. The Hall–Kier alpha value is -3.33. The van der Waals surface area contributed by atoms with Crippen molar-refractivity contribution in [2.45, 2.75) is 26.0 Å². The summed E-state index contributed by atoms with van der Waals surface area (Å²) in [6.07, 6.45) is -0.471. The Morgan fingerprint density at radius 3 is 2.55 bits per heavy atom. The van der Waals surface area contributed by atoms with Gasteiger partial charge in [-0.05, 0) is 36.8 Å². The van der Waals surface area contributed by atoms with Crippen molar-refractivity contribution in [1.29, 1.82) is 0 Å². The van der Waals surface area contributed by atoms with E-state index in [9.17, 15) is 19.2 Å². The standard InChI is InChI=1S/C22H21N3O5S/c1-14-21(28)24(17-4-2-3-5-18(17)30-14)11-10-19(26)23-16-8-6-15(7-9-16)12-25-20(27)13-31-22(25)29/h2-9,14H,10-13H2,1H3,(H,23,26). The average molecular weight is 439 g/mol. The molecule has 1 N–H and O–H groups in total. The van der Waals surface area contributed by atoms with Gasteiger partial charge in [0.25, 0.3) is 11.1 Å². The quantitative estimate of drug-likeness (QED) is 0.743. The number of hydrogen-bond donors (Lipinski definition) is 1. The number of amides is 4. The summed E-state index contributed by atoms with van der Waals surface area (Å²) in [6.45, 7) is 2.15. The van der Waals surface area contributed by atoms with Crippen molar-refractivity contribution in [2.75, 3.05) is 22.5 Å². The van der Waals surface area contributed by atoms with Gasteiger partial charge in [0, 0.05) is 18.7 Å². The number of benzene rings is 2. The molecule has 2 aliphatic rings. The van der Waals surface area contributed by atoms with Crippen LogP contribution in [0.15, 0.2) is 48.5 Å². The maximum Gasteiger partial charge on any atom is 0.289 e. The lowest BCUT2D eigenvalue weighted by Crippen LogP contribution is -2.45. The molecular formula is C22H21N3O5S. The summed E-state index contributed by atoms with van der Waals surface area (Å²) in [4.78, 5) is 51.1. The maximum atomic E-state index is 12.5. The van der Waals surface area contributed by atoms with Gasteiger partial charge in [-0.1, -0.05) is 36.0 Å². The van der Waals surface area contributed by atoms with Crippen molar-refractivity contribution < 1.29 is 23.9 Å². The van der Waals surface area contributed by atoms with Crippen LogP contribution in [0, 0.1) is 0 Å². The van der Waals surface area contributed by atoms with E-state index in [4.69, 9.17) is 4.74 Å². The summed E-state index contributed by atoms with van der Waals surface area (Å²) in [7, 11) is 0. The lowest BCUT2D eigenvalue weighted by atomic mass is 10.1. The van der Waals surface area contributed by atoms with Crippen LogP contribution >= 0.6 is 11.8 Å². The van der Waals surface area contributed by atoms with Gasteiger partial charge in [0.05, 0.1) is 18.0 Å². The summed E-state index contributed by atoms with van der Waals surface area (Å²) >= 11 is 1.00. The van der Waals surface area contributed by atoms with E-state index < -0.39 is 6.10 Å². The Kier molecular flexibility index (Phi) is 5.94. The number of carbonyl (C=O) groups excluding carboxylic acids is 4. The van der Waals surface area contributed by atoms with E-state index in [1.165, 1.54) is 4.90 Å². The van der Waals surface area contributed by atoms with Gasteiger partial charge < -0.3 is 15.0 Å². The van der Waals surface area contributed by atoms with Gasteiger partial charge in [0.1, 0.15) is 5.75 Å². The Morgan fingerprint density at radius 2 is 1.84 bits per heavy atom. The molecule has 4 amide bonds. The predicted octanol–water partition coefficient (Wildman–Crippen LogP) is 3.02. The van der Waals surface area contributed by atoms with Crippen molar-refractivity contribution in [1.82, 2.24) is 4.90 Å². The molecule has 2 aromatic rings. The lowest BCUT2D eigenvalue weighted by Gasteiger charge is -2.32. The van der Waals surface area contributed by atoms with Gasteiger partial charge in [0.15, 0.2) is 6.10 Å². The van der Waals surface area contributed by atoms with Crippen molar-refractivity contribution in [3.05, 3.63) is 54.1 Å². The number of ether oxygens (including phenoxy) is 1. The lowest BCUT2D eigenvalue weighted by molar-refractivity contribution is -0.126. The molecule has 160 valence electrons. The SMILES string of the molecule is CC1Oc2ccccc2N(CCC(=O)Nc2ccc(CN3C(=O)CSC3=O)cc2)C1=O. The number of thioether (sulfide) groups is 1. The van der Waals surface area contributed by atoms with Crippen molar-refractivity contribution in [3.63, 3.8) is 0 Å². The molecular weight excluding hydrogens is 418 g/mol. The molecule has 2 aromatic carbocycles. The molecule has 8 nitrogen and oxygen atoms in total. The molecule has 2 heterocycles. The van der Waals surface area contributed by atoms with Gasteiger partial charge in [-0.15, -0.1) is 0 Å². The molecule has 9 heteroatoms. The van der Waals surface area contributed by atoms with Crippen molar-refractivity contribution in [2.24, 2.45) is 0 Å². The number of para-hydroxylation sites is 2. The van der Waals surface area contributed by atoms with Gasteiger partial charge in [-0.2, -0.15) is 0 Å². The highest BCUT2D eigenvalue weighted by molar-refractivity contribution is 8.14. The zero-order valence-corrected chi connectivity index (χ0v) is 17.7. The Labute approximate surface area is 183 Å². The minimum absolute atomic E-state index is 0.128. The molecule has 31 heavy (non-hydrogen) atoms. The summed E-state index contributed by atoms with van der Waals surface area (Å²) in [5.41, 5.74) is 2.06. The molecule has 0 aliphatic carbocycles. The molecule has 1 fully saturated rings. The van der Waals surface area contributed by atoms with Gasteiger partial charge in [0.2, 0.25) is 11.8 Å². The minimum Gasteiger partial charge on any atom is -0.479 e. The number of hydrogen-bond acceptors (Lipinski definition) is 6. The number of anilines is 2. The molecule has 0 saturated carbocycles. The second-order valence-corrected chi connectivity index (χ2v) is 8.17. The maximum absolute atomic E-state index is 12.5. The van der Waals surface area contributed by atoms with Gasteiger partial charge in [-0.3, -0.25) is 24.1 Å². The highest BCUT2D eigenvalue weighted by atomic mass is 32.2. The van der Waals surface area contributed by atoms with E-state index in [0.29, 0.717) is 17.1 Å². The molecule has 1 saturated heterocycles. The zero-order chi connectivity index (χ0) is 22.0. The van der Waals surface area contributed by atoms with E-state index in [1.54, 1.807) is 48.2 Å². The third kappa shape index (κ3) is 4.56. The van der Waals surface area contributed by atoms with Crippen LogP contribution in [-0.4, -0.2) is 46.3 Å². The van der Waals surface area contributed by atoms with Crippen LogP contribution in [0.2, 0.25) is 0 Å². The topological polar surface area (TPSA) is 96.0 Å². The second-order valence-electron chi connectivity index (χ2n) is 7.25. The van der Waals surface area contributed by atoms with Crippen LogP contribution in [-0.2, 0) is 20.9 Å². The third-order valence-electron chi connectivity index (χ3n) is 5.06. The van der Waals surface area contributed by atoms with E-state index in [2.05, 4.69) is 5.32 Å².